The van der Waals surface area contributed by atoms with Crippen molar-refractivity contribution in [2.24, 2.45) is 11.8 Å². The van der Waals surface area contributed by atoms with Gasteiger partial charge in [-0.05, 0) is 135 Å². The highest BCUT2D eigenvalue weighted by molar-refractivity contribution is 5.87. The molecule has 4 amide bonds. The minimum Gasteiger partial charge on any atom is -0.497 e. The number of nitrogens with one attached hydrogen (secondary N) is 4. The molecule has 9 rings (SSSR count). The number of piperidine rings is 1. The summed E-state index contributed by atoms with van der Waals surface area (Å²) in [6, 6.07) is 14.0. The molecule has 0 spiro atoms. The molecule has 4 fully saturated rings. The van der Waals surface area contributed by atoms with Crippen molar-refractivity contribution in [1.82, 2.24) is 40.4 Å². The zero-order chi connectivity index (χ0) is 55.5. The summed E-state index contributed by atoms with van der Waals surface area (Å²) >= 11 is 0. The zero-order valence-corrected chi connectivity index (χ0v) is 46.0. The van der Waals surface area contributed by atoms with Crippen LogP contribution in [0.5, 0.6) is 5.75 Å². The van der Waals surface area contributed by atoms with Gasteiger partial charge in [-0.15, -0.1) is 0 Å². The molecular weight excluding hydrogens is 999 g/mol. The zero-order valence-electron chi connectivity index (χ0n) is 46.0. The van der Waals surface area contributed by atoms with Gasteiger partial charge in [-0.2, -0.15) is 0 Å². The second kappa shape index (κ2) is 23.7. The number of H-pyrrole nitrogens is 2. The van der Waals surface area contributed by atoms with Gasteiger partial charge in [0.2, 0.25) is 11.8 Å². The first-order valence-corrected chi connectivity index (χ1v) is 27.4. The second-order valence-corrected chi connectivity index (χ2v) is 21.8. The summed E-state index contributed by atoms with van der Waals surface area (Å²) in [5.41, 5.74) is 6.10. The molecule has 6 atom stereocenters. The maximum Gasteiger partial charge on any atom is 0.407 e. The number of aromatic amines is 2. The smallest absolute Gasteiger partial charge is 0.407 e. The molecule has 6 heterocycles. The molecule has 2 aromatic heterocycles. The molecule has 4 aliphatic rings. The van der Waals surface area contributed by atoms with Crippen LogP contribution in [0.2, 0.25) is 0 Å². The van der Waals surface area contributed by atoms with Crippen LogP contribution in [0, 0.1) is 30.4 Å². The molecule has 19 heteroatoms. The molecule has 4 N–H and O–H groups in total. The number of aryl methyl sites for hydroxylation is 1. The monoisotopic (exact) mass is 1070 g/mol. The lowest BCUT2D eigenvalue weighted by Crippen LogP contribution is -2.51. The first-order chi connectivity index (χ1) is 37.5. The normalized spacial score (nSPS) is 20.8. The molecule has 3 aromatic carbocycles. The maximum atomic E-state index is 16.8. The quantitative estimate of drug-likeness (QED) is 0.0688. The number of likely N-dealkylation sites (tertiary alicyclic amines) is 2. The van der Waals surface area contributed by atoms with Crippen LogP contribution in [0.4, 0.5) is 29.7 Å². The van der Waals surface area contributed by atoms with Gasteiger partial charge < -0.3 is 54.4 Å². The number of ether oxygens (including phenoxy) is 3. The minimum absolute atomic E-state index is 0.0311. The second-order valence-electron chi connectivity index (χ2n) is 21.8. The van der Waals surface area contributed by atoms with E-state index in [1.807, 2.05) is 82.0 Å². The molecule has 416 valence electrons. The van der Waals surface area contributed by atoms with Crippen LogP contribution >= 0.6 is 0 Å². The van der Waals surface area contributed by atoms with Crippen molar-refractivity contribution < 1.29 is 42.2 Å². The number of imidazole rings is 2. The van der Waals surface area contributed by atoms with Crippen LogP contribution < -0.4 is 25.2 Å². The van der Waals surface area contributed by atoms with Gasteiger partial charge in [0, 0.05) is 37.6 Å². The third kappa shape index (κ3) is 11.4. The van der Waals surface area contributed by atoms with Gasteiger partial charge in [-0.1, -0.05) is 58.5 Å². The Balaban J connectivity index is 0.993. The van der Waals surface area contributed by atoms with Crippen LogP contribution in [0.25, 0.3) is 17.1 Å². The van der Waals surface area contributed by atoms with E-state index in [9.17, 15) is 19.2 Å². The fraction of sp³-hybridized carbons (Fsp3) is 0.492. The number of fused-ring (bicyclic) bond motifs is 1. The van der Waals surface area contributed by atoms with Crippen LogP contribution in [-0.2, 0) is 19.1 Å². The Kier molecular flexibility index (Phi) is 16.8. The van der Waals surface area contributed by atoms with Crippen LogP contribution in [0.1, 0.15) is 137 Å². The van der Waals surface area contributed by atoms with Crippen molar-refractivity contribution in [3.8, 4) is 5.75 Å². The summed E-state index contributed by atoms with van der Waals surface area (Å²) < 4.78 is 48.6. The number of amides is 4. The van der Waals surface area contributed by atoms with Gasteiger partial charge in [-0.25, -0.2) is 28.3 Å². The fourth-order valence-electron chi connectivity index (χ4n) is 12.1. The van der Waals surface area contributed by atoms with Gasteiger partial charge in [0.25, 0.3) is 0 Å². The minimum atomic E-state index is -0.774. The number of aromatic nitrogens is 4. The van der Waals surface area contributed by atoms with Gasteiger partial charge >= 0.3 is 12.2 Å². The average Bonchev–Trinajstić information content (AvgIpc) is 4.34. The summed E-state index contributed by atoms with van der Waals surface area (Å²) in [6.07, 6.45) is 8.15. The summed E-state index contributed by atoms with van der Waals surface area (Å²) in [5.74, 6) is 0.294. The summed E-state index contributed by atoms with van der Waals surface area (Å²) in [7, 11) is 4.18. The number of halogens is 2. The third-order valence-electron chi connectivity index (χ3n) is 16.3. The highest BCUT2D eigenvalue weighted by Crippen LogP contribution is 2.46. The Labute approximate surface area is 455 Å². The van der Waals surface area contributed by atoms with Crippen LogP contribution in [0.3, 0.4) is 0 Å². The lowest BCUT2D eigenvalue weighted by atomic mass is 9.89. The highest BCUT2D eigenvalue weighted by Gasteiger charge is 2.41. The molecule has 4 aliphatic heterocycles. The average molecular weight is 1070 g/mol. The molecule has 17 nitrogen and oxygen atoms in total. The third-order valence-corrected chi connectivity index (χ3v) is 16.3. The SMILES string of the molecule is C=C(/C=C\c1nc([C@@H]2CCCN2C(=O)[C@@H](NC(=O)OC)C(C)C)[nH]c1C)[C@H]1CC[C@H](c2ccc3nc([C@@H]4CCCN4C(=O)[C@@H](NC(=O)OC)C(C)C)[nH]c3c2)N1c1cc(F)c(N2CCC(c3ccc(OC)cc3)CC2)c(F)c1. The Morgan fingerprint density at radius 1 is 0.705 bits per heavy atom. The predicted octanol–water partition coefficient (Wildman–Crippen LogP) is 10.3. The van der Waals surface area contributed by atoms with Crippen molar-refractivity contribution in [3.05, 3.63) is 119 Å². The largest absolute Gasteiger partial charge is 0.497 e. The Bertz CT molecular complexity index is 3010. The Hall–Kier alpha value is -7.44. The van der Waals surface area contributed by atoms with Crippen molar-refractivity contribution in [1.29, 1.82) is 0 Å². The van der Waals surface area contributed by atoms with E-state index in [2.05, 4.69) is 44.2 Å². The van der Waals surface area contributed by atoms with Crippen LogP contribution in [0.15, 0.2) is 72.8 Å². The first-order valence-electron chi connectivity index (χ1n) is 27.4. The van der Waals surface area contributed by atoms with Gasteiger partial charge in [0.1, 0.15) is 35.2 Å². The topological polar surface area (TPSA) is 190 Å². The van der Waals surface area contributed by atoms with E-state index in [4.69, 9.17) is 24.2 Å². The standard InChI is InChI=1S/C59H74F2N10O7/c1-33(2)51(66-58(74)77-8)56(72)69-26-10-12-49(69)54-62-36(6)44(63-54)20-14-35(5)47-22-23-48(71(47)40-31-42(60)53(43(61)32-40)68-28-24-38(25-29-68)37-15-18-41(76-7)19-16-37)39-17-21-45-46(30-39)65-55(64-45)50-13-11-27-70(50)57(73)52(34(3)4)67-59(75)78-9/h14-21,30-34,38,47-52H,5,10-13,22-29H2,1-4,6-9H3,(H,62,63)(H,64,65)(H,66,74)(H,67,75)/b20-14-/t47-,48-,49+,50+,51+,52+/m1/s1. The molecule has 0 saturated carbocycles. The van der Waals surface area contributed by atoms with E-state index >= 15 is 8.78 Å². The van der Waals surface area contributed by atoms with E-state index < -0.39 is 35.9 Å². The first kappa shape index (κ1) is 55.3. The maximum absolute atomic E-state index is 16.8. The Morgan fingerprint density at radius 3 is 1.82 bits per heavy atom. The van der Waals surface area contributed by atoms with Gasteiger partial charge in [0.05, 0.1) is 62.2 Å². The number of alkyl carbamates (subject to hydrolysis) is 2. The number of hydrogen-bond donors (Lipinski definition) is 4. The van der Waals surface area contributed by atoms with Crippen molar-refractivity contribution >= 4 is 52.5 Å². The number of hydrogen-bond acceptors (Lipinski definition) is 11. The van der Waals surface area contributed by atoms with Crippen molar-refractivity contribution in [2.45, 2.75) is 128 Å². The van der Waals surface area contributed by atoms with E-state index in [1.165, 1.54) is 31.9 Å². The number of anilines is 2. The van der Waals surface area contributed by atoms with Gasteiger partial charge in [-0.3, -0.25) is 9.59 Å². The van der Waals surface area contributed by atoms with Gasteiger partial charge in [0.15, 0.2) is 11.6 Å². The highest BCUT2D eigenvalue weighted by atomic mass is 19.1. The molecule has 78 heavy (non-hydrogen) atoms. The summed E-state index contributed by atoms with van der Waals surface area (Å²) in [5, 5.41) is 5.42. The molecule has 0 aliphatic carbocycles. The summed E-state index contributed by atoms with van der Waals surface area (Å²) in [4.78, 5) is 76.7. The number of carbonyl (C=O) groups is 4. The summed E-state index contributed by atoms with van der Waals surface area (Å²) in [6.45, 7) is 16.0. The van der Waals surface area contributed by atoms with Crippen molar-refractivity contribution in [2.75, 3.05) is 57.3 Å². The fourth-order valence-corrected chi connectivity index (χ4v) is 12.1. The molecular formula is C59H74F2N10O7. The molecule has 0 unspecified atom stereocenters. The van der Waals surface area contributed by atoms with E-state index in [1.54, 1.807) is 16.9 Å². The number of nitrogens with zero attached hydrogens (tertiary/aromatic N) is 6. The lowest BCUT2D eigenvalue weighted by molar-refractivity contribution is -0.136. The predicted molar refractivity (Wildman–Crippen MR) is 295 cm³/mol. The number of benzene rings is 3. The number of methoxy groups -OCH3 is 3. The molecule has 0 bridgehead atoms. The Morgan fingerprint density at radius 2 is 1.27 bits per heavy atom. The molecule has 5 aromatic rings. The lowest BCUT2D eigenvalue weighted by Gasteiger charge is -2.36. The van der Waals surface area contributed by atoms with E-state index in [0.717, 1.165) is 53.8 Å². The molecule has 4 saturated heterocycles. The van der Waals surface area contributed by atoms with Crippen molar-refractivity contribution in [3.63, 3.8) is 0 Å². The number of rotatable bonds is 16. The van der Waals surface area contributed by atoms with E-state index in [-0.39, 0.29) is 59.4 Å². The molecule has 0 radical (unpaired) electrons. The van der Waals surface area contributed by atoms with E-state index in [0.29, 0.717) is 80.4 Å². The number of carbonyl (C=O) groups excluding carboxylic acids is 4. The van der Waals surface area contributed by atoms with Crippen LogP contribution in [-0.4, -0.2) is 119 Å².